The standard InChI is InChI=1S/C18H28N2O3/c1-12(2)23-17-8-13(3)4-6-15(17)11-20-18(22)19-10-14-5-7-16(21)9-14/h4,6,8,12,14,16,21H,5,7,9-11H2,1-3H3,(H2,19,20,22)/t14-,16+/m1/s1. The molecule has 1 aliphatic rings. The van der Waals surface area contributed by atoms with Gasteiger partial charge in [-0.05, 0) is 57.6 Å². The highest BCUT2D eigenvalue weighted by Crippen LogP contribution is 2.24. The molecule has 0 radical (unpaired) electrons. The molecule has 0 spiro atoms. The number of ether oxygens (including phenoxy) is 1. The fourth-order valence-electron chi connectivity index (χ4n) is 2.88. The van der Waals surface area contributed by atoms with E-state index in [2.05, 4.69) is 10.6 Å². The van der Waals surface area contributed by atoms with Gasteiger partial charge >= 0.3 is 6.03 Å². The van der Waals surface area contributed by atoms with E-state index in [0.29, 0.717) is 19.0 Å². The van der Waals surface area contributed by atoms with Gasteiger partial charge in [-0.2, -0.15) is 0 Å². The molecule has 0 saturated heterocycles. The lowest BCUT2D eigenvalue weighted by molar-refractivity contribution is 0.177. The minimum atomic E-state index is -0.201. The molecule has 2 atom stereocenters. The summed E-state index contributed by atoms with van der Waals surface area (Å²) in [6.45, 7) is 7.05. The second-order valence-corrected chi connectivity index (χ2v) is 6.67. The molecule has 128 valence electrons. The summed E-state index contributed by atoms with van der Waals surface area (Å²) in [7, 11) is 0. The number of benzene rings is 1. The van der Waals surface area contributed by atoms with E-state index in [-0.39, 0.29) is 18.2 Å². The molecule has 1 aliphatic carbocycles. The van der Waals surface area contributed by atoms with Gasteiger partial charge in [-0.15, -0.1) is 0 Å². The zero-order valence-electron chi connectivity index (χ0n) is 14.3. The van der Waals surface area contributed by atoms with Gasteiger partial charge in [-0.1, -0.05) is 12.1 Å². The Labute approximate surface area is 138 Å². The number of amides is 2. The zero-order chi connectivity index (χ0) is 16.8. The molecule has 1 fully saturated rings. The van der Waals surface area contributed by atoms with Gasteiger partial charge < -0.3 is 20.5 Å². The van der Waals surface area contributed by atoms with Crippen molar-refractivity contribution in [2.45, 2.75) is 58.8 Å². The third-order valence-electron chi connectivity index (χ3n) is 4.09. The number of aryl methyl sites for hydroxylation is 1. The lowest BCUT2D eigenvalue weighted by atomic mass is 10.1. The van der Waals surface area contributed by atoms with E-state index in [1.165, 1.54) is 0 Å². The fourth-order valence-corrected chi connectivity index (χ4v) is 2.88. The van der Waals surface area contributed by atoms with Crippen molar-refractivity contribution in [3.8, 4) is 5.75 Å². The van der Waals surface area contributed by atoms with Gasteiger partial charge in [-0.25, -0.2) is 4.79 Å². The summed E-state index contributed by atoms with van der Waals surface area (Å²) in [5.74, 6) is 1.20. The van der Waals surface area contributed by atoms with Crippen LogP contribution in [0.1, 0.15) is 44.2 Å². The van der Waals surface area contributed by atoms with Gasteiger partial charge in [-0.3, -0.25) is 0 Å². The maximum atomic E-state index is 11.9. The topological polar surface area (TPSA) is 70.6 Å². The smallest absolute Gasteiger partial charge is 0.315 e. The van der Waals surface area contributed by atoms with Crippen LogP contribution in [0.5, 0.6) is 5.75 Å². The highest BCUT2D eigenvalue weighted by Gasteiger charge is 2.22. The number of hydrogen-bond acceptors (Lipinski definition) is 3. The van der Waals surface area contributed by atoms with Crippen molar-refractivity contribution in [2.24, 2.45) is 5.92 Å². The summed E-state index contributed by atoms with van der Waals surface area (Å²) in [6, 6.07) is 5.82. The van der Waals surface area contributed by atoms with Crippen molar-refractivity contribution in [1.29, 1.82) is 0 Å². The molecule has 3 N–H and O–H groups in total. The molecule has 5 nitrogen and oxygen atoms in total. The van der Waals surface area contributed by atoms with Crippen LogP contribution in [0.2, 0.25) is 0 Å². The number of rotatable bonds is 6. The number of nitrogens with one attached hydrogen (secondary N) is 2. The first-order chi connectivity index (χ1) is 10.9. The average molecular weight is 320 g/mol. The Morgan fingerprint density at radius 3 is 2.78 bits per heavy atom. The average Bonchev–Trinajstić information content (AvgIpc) is 2.89. The third kappa shape index (κ3) is 5.75. The molecule has 0 aromatic heterocycles. The Bertz CT molecular complexity index is 531. The molecule has 1 aromatic rings. The number of urea groups is 1. The number of aliphatic hydroxyl groups is 1. The van der Waals surface area contributed by atoms with Crippen molar-refractivity contribution in [3.63, 3.8) is 0 Å². The molecule has 2 rings (SSSR count). The number of aliphatic hydroxyl groups excluding tert-OH is 1. The van der Waals surface area contributed by atoms with E-state index >= 15 is 0 Å². The lowest BCUT2D eigenvalue weighted by Crippen LogP contribution is -2.37. The predicted octanol–water partition coefficient (Wildman–Crippen LogP) is 2.74. The molecule has 0 unspecified atom stereocenters. The second-order valence-electron chi connectivity index (χ2n) is 6.67. The summed E-state index contributed by atoms with van der Waals surface area (Å²) in [5, 5.41) is 15.3. The first kappa shape index (κ1) is 17.6. The molecule has 0 bridgehead atoms. The summed E-state index contributed by atoms with van der Waals surface area (Å²) < 4.78 is 5.81. The van der Waals surface area contributed by atoms with Crippen LogP contribution < -0.4 is 15.4 Å². The van der Waals surface area contributed by atoms with E-state index in [9.17, 15) is 9.90 Å². The van der Waals surface area contributed by atoms with E-state index in [1.54, 1.807) is 0 Å². The van der Waals surface area contributed by atoms with Gasteiger partial charge in [0.05, 0.1) is 12.2 Å². The van der Waals surface area contributed by atoms with Crippen LogP contribution in [-0.2, 0) is 6.54 Å². The monoisotopic (exact) mass is 320 g/mol. The maximum Gasteiger partial charge on any atom is 0.315 e. The highest BCUT2D eigenvalue weighted by molar-refractivity contribution is 5.73. The summed E-state index contributed by atoms with van der Waals surface area (Å²) in [6.07, 6.45) is 2.50. The Morgan fingerprint density at radius 2 is 2.13 bits per heavy atom. The van der Waals surface area contributed by atoms with Crippen molar-refractivity contribution >= 4 is 6.03 Å². The zero-order valence-corrected chi connectivity index (χ0v) is 14.3. The van der Waals surface area contributed by atoms with Crippen molar-refractivity contribution in [1.82, 2.24) is 10.6 Å². The normalized spacial score (nSPS) is 20.6. The summed E-state index contributed by atoms with van der Waals surface area (Å²) in [5.41, 5.74) is 2.10. The predicted molar refractivity (Wildman–Crippen MR) is 90.5 cm³/mol. The minimum absolute atomic E-state index is 0.0955. The SMILES string of the molecule is Cc1ccc(CNC(=O)NC[C@@H]2CC[C@H](O)C2)c(OC(C)C)c1. The molecule has 1 aromatic carbocycles. The van der Waals surface area contributed by atoms with Gasteiger partial charge in [0, 0.05) is 18.7 Å². The molecule has 1 saturated carbocycles. The van der Waals surface area contributed by atoms with Crippen LogP contribution in [0.15, 0.2) is 18.2 Å². The van der Waals surface area contributed by atoms with Gasteiger partial charge in [0.15, 0.2) is 0 Å². The Morgan fingerprint density at radius 1 is 1.35 bits per heavy atom. The molecular weight excluding hydrogens is 292 g/mol. The number of carbonyl (C=O) groups excluding carboxylic acids is 1. The van der Waals surface area contributed by atoms with E-state index < -0.39 is 0 Å². The van der Waals surface area contributed by atoms with E-state index in [0.717, 1.165) is 36.1 Å². The summed E-state index contributed by atoms with van der Waals surface area (Å²) >= 11 is 0. The molecule has 5 heteroatoms. The minimum Gasteiger partial charge on any atom is -0.491 e. The lowest BCUT2D eigenvalue weighted by Gasteiger charge is -2.16. The first-order valence-electron chi connectivity index (χ1n) is 8.40. The van der Waals surface area contributed by atoms with Crippen LogP contribution in [0, 0.1) is 12.8 Å². The summed E-state index contributed by atoms with van der Waals surface area (Å²) in [4.78, 5) is 11.9. The third-order valence-corrected chi connectivity index (χ3v) is 4.09. The first-order valence-corrected chi connectivity index (χ1v) is 8.40. The van der Waals surface area contributed by atoms with E-state index in [1.807, 2.05) is 39.0 Å². The highest BCUT2D eigenvalue weighted by atomic mass is 16.5. The van der Waals surface area contributed by atoms with Gasteiger partial charge in [0.1, 0.15) is 5.75 Å². The van der Waals surface area contributed by atoms with E-state index in [4.69, 9.17) is 4.74 Å². The van der Waals surface area contributed by atoms with Crippen LogP contribution in [-0.4, -0.2) is 29.9 Å². The van der Waals surface area contributed by atoms with Crippen LogP contribution in [0.4, 0.5) is 4.79 Å². The van der Waals surface area contributed by atoms with Crippen LogP contribution in [0.25, 0.3) is 0 Å². The largest absolute Gasteiger partial charge is 0.491 e. The van der Waals surface area contributed by atoms with Crippen molar-refractivity contribution < 1.29 is 14.6 Å². The molecule has 0 aliphatic heterocycles. The molecular formula is C18H28N2O3. The van der Waals surface area contributed by atoms with Crippen molar-refractivity contribution in [2.75, 3.05) is 6.54 Å². The molecule has 23 heavy (non-hydrogen) atoms. The number of hydrogen-bond donors (Lipinski definition) is 3. The van der Waals surface area contributed by atoms with Gasteiger partial charge in [0.25, 0.3) is 0 Å². The fraction of sp³-hybridized carbons (Fsp3) is 0.611. The van der Waals surface area contributed by atoms with Crippen LogP contribution in [0.3, 0.4) is 0 Å². The Hall–Kier alpha value is -1.75. The Balaban J connectivity index is 1.81. The van der Waals surface area contributed by atoms with Gasteiger partial charge in [0.2, 0.25) is 0 Å². The second kappa shape index (κ2) is 8.20. The quantitative estimate of drug-likeness (QED) is 0.755. The van der Waals surface area contributed by atoms with Crippen LogP contribution >= 0.6 is 0 Å². The Kier molecular flexibility index (Phi) is 6.28. The maximum absolute atomic E-state index is 11.9. The van der Waals surface area contributed by atoms with Crippen molar-refractivity contribution in [3.05, 3.63) is 29.3 Å². The number of carbonyl (C=O) groups is 1. The molecule has 0 heterocycles. The molecule has 2 amide bonds.